The van der Waals surface area contributed by atoms with Crippen molar-refractivity contribution in [3.63, 3.8) is 0 Å². The normalized spacial score (nSPS) is 9.82. The zero-order valence-corrected chi connectivity index (χ0v) is 13.8. The van der Waals surface area contributed by atoms with E-state index in [0.717, 1.165) is 19.8 Å². The van der Waals surface area contributed by atoms with Gasteiger partial charge in [-0.25, -0.2) is 0 Å². The largest absolute Gasteiger partial charge is 1.00 e. The van der Waals surface area contributed by atoms with Crippen LogP contribution in [0.4, 0.5) is 0 Å². The third-order valence-corrected chi connectivity index (χ3v) is 2.56. The molecule has 0 saturated carbocycles. The Hall–Kier alpha value is 0.380. The molecule has 0 bridgehead atoms. The summed E-state index contributed by atoms with van der Waals surface area (Å²) in [4.78, 5) is 8.89. The van der Waals surface area contributed by atoms with Crippen molar-refractivity contribution in [2.24, 2.45) is 0 Å². The number of carboxylic acid groups (broad SMARTS) is 1. The minimum Gasteiger partial charge on any atom is -0.550 e. The maximum atomic E-state index is 10.3. The summed E-state index contributed by atoms with van der Waals surface area (Å²) in [6, 6.07) is 0. The van der Waals surface area contributed by atoms with Gasteiger partial charge >= 0.3 is 29.6 Å². The standard InChI is InChI=1S/C8H18O3S.C2H4O2.Na/c1-2-3-4-5-6-7-8-12(9,10)11;1-2(3)4;/h2-8H2,1H3,(H,9,10,11);1H3,(H,3,4);/q;;+1/p-1. The number of hydrogen-bond donors (Lipinski definition) is 1. The Kier molecular flexibility index (Phi) is 19.2. The van der Waals surface area contributed by atoms with Gasteiger partial charge < -0.3 is 9.90 Å². The van der Waals surface area contributed by atoms with Crippen LogP contribution in [0.5, 0.6) is 0 Å². The van der Waals surface area contributed by atoms with E-state index in [1.54, 1.807) is 0 Å². The van der Waals surface area contributed by atoms with Crippen LogP contribution in [0.1, 0.15) is 52.4 Å². The summed E-state index contributed by atoms with van der Waals surface area (Å²) >= 11 is 0. The fourth-order valence-electron chi connectivity index (χ4n) is 1.06. The topological polar surface area (TPSA) is 94.5 Å². The van der Waals surface area contributed by atoms with Crippen molar-refractivity contribution in [2.45, 2.75) is 52.4 Å². The van der Waals surface area contributed by atoms with Gasteiger partial charge in [0.15, 0.2) is 0 Å². The Morgan fingerprint density at radius 1 is 1.12 bits per heavy atom. The summed E-state index contributed by atoms with van der Waals surface area (Å²) in [6.07, 6.45) is 6.14. The van der Waals surface area contributed by atoms with E-state index in [9.17, 15) is 8.42 Å². The monoisotopic (exact) mass is 276 g/mol. The minimum atomic E-state index is -3.72. The van der Waals surface area contributed by atoms with Gasteiger partial charge in [-0.15, -0.1) is 0 Å². The van der Waals surface area contributed by atoms with E-state index in [2.05, 4.69) is 6.92 Å². The van der Waals surface area contributed by atoms with E-state index in [1.165, 1.54) is 19.3 Å². The van der Waals surface area contributed by atoms with Crippen LogP contribution in [-0.4, -0.2) is 24.7 Å². The fourth-order valence-corrected chi connectivity index (χ4v) is 1.63. The van der Waals surface area contributed by atoms with Gasteiger partial charge in [-0.2, -0.15) is 8.42 Å². The van der Waals surface area contributed by atoms with Crippen molar-refractivity contribution >= 4 is 16.1 Å². The summed E-state index contributed by atoms with van der Waals surface area (Å²) < 4.78 is 28.9. The van der Waals surface area contributed by atoms with Gasteiger partial charge in [0.2, 0.25) is 0 Å². The van der Waals surface area contributed by atoms with Gasteiger partial charge in [0, 0.05) is 5.97 Å². The molecular weight excluding hydrogens is 255 g/mol. The number of carboxylic acids is 1. The van der Waals surface area contributed by atoms with Gasteiger partial charge in [0.05, 0.1) is 5.75 Å². The summed E-state index contributed by atoms with van der Waals surface area (Å²) in [5.41, 5.74) is 0. The van der Waals surface area contributed by atoms with Crippen molar-refractivity contribution < 1.29 is 52.4 Å². The van der Waals surface area contributed by atoms with Crippen LogP contribution >= 0.6 is 0 Å². The number of carbonyl (C=O) groups excluding carboxylic acids is 1. The molecule has 98 valence electrons. The first-order valence-corrected chi connectivity index (χ1v) is 7.03. The molecular formula is C10H21NaO5S. The summed E-state index contributed by atoms with van der Waals surface area (Å²) in [6.45, 7) is 3.11. The molecule has 0 radical (unpaired) electrons. The molecule has 0 fully saturated rings. The SMILES string of the molecule is CC(=O)[O-].CCCCCCCCS(=O)(=O)O.[Na+]. The van der Waals surface area contributed by atoms with E-state index < -0.39 is 16.1 Å². The maximum Gasteiger partial charge on any atom is 1.00 e. The second-order valence-electron chi connectivity index (χ2n) is 3.55. The second kappa shape index (κ2) is 14.4. The predicted octanol–water partition coefficient (Wildman–Crippen LogP) is -2.01. The molecule has 0 saturated heterocycles. The van der Waals surface area contributed by atoms with Gasteiger partial charge in [-0.1, -0.05) is 39.0 Å². The second-order valence-corrected chi connectivity index (χ2v) is 5.12. The van der Waals surface area contributed by atoms with Crippen molar-refractivity contribution in [2.75, 3.05) is 5.75 Å². The Bertz CT molecular complexity index is 260. The number of carbonyl (C=O) groups is 1. The van der Waals surface area contributed by atoms with Gasteiger partial charge in [-0.05, 0) is 13.3 Å². The molecule has 0 aromatic rings. The van der Waals surface area contributed by atoms with E-state index in [0.29, 0.717) is 6.42 Å². The number of aliphatic carboxylic acids is 1. The van der Waals surface area contributed by atoms with E-state index in [1.807, 2.05) is 0 Å². The Morgan fingerprint density at radius 2 is 1.47 bits per heavy atom. The molecule has 0 spiro atoms. The van der Waals surface area contributed by atoms with Crippen molar-refractivity contribution in [3.05, 3.63) is 0 Å². The molecule has 0 unspecified atom stereocenters. The molecule has 0 amide bonds. The third-order valence-electron chi connectivity index (χ3n) is 1.76. The predicted molar refractivity (Wildman–Crippen MR) is 60.5 cm³/mol. The first-order valence-electron chi connectivity index (χ1n) is 5.42. The average Bonchev–Trinajstić information content (AvgIpc) is 2.08. The van der Waals surface area contributed by atoms with Crippen molar-refractivity contribution in [1.82, 2.24) is 0 Å². The fraction of sp³-hybridized carbons (Fsp3) is 0.900. The summed E-state index contributed by atoms with van der Waals surface area (Å²) in [5.74, 6) is -1.17. The van der Waals surface area contributed by atoms with Crippen molar-refractivity contribution in [3.8, 4) is 0 Å². The zero-order chi connectivity index (χ0) is 13.0. The quantitative estimate of drug-likeness (QED) is 0.329. The molecule has 0 atom stereocenters. The Labute approximate surface area is 126 Å². The molecule has 0 heterocycles. The molecule has 7 heteroatoms. The smallest absolute Gasteiger partial charge is 0.550 e. The molecule has 0 aromatic heterocycles. The third kappa shape index (κ3) is 38.5. The minimum absolute atomic E-state index is 0. The van der Waals surface area contributed by atoms with E-state index >= 15 is 0 Å². The summed E-state index contributed by atoms with van der Waals surface area (Å²) in [5, 5.41) is 8.89. The van der Waals surface area contributed by atoms with Crippen LogP contribution in [0.3, 0.4) is 0 Å². The van der Waals surface area contributed by atoms with Crippen LogP contribution in [0.2, 0.25) is 0 Å². The van der Waals surface area contributed by atoms with Crippen LogP contribution in [0.15, 0.2) is 0 Å². The Balaban J connectivity index is -0.000000340. The molecule has 0 aliphatic carbocycles. The zero-order valence-electron chi connectivity index (χ0n) is 10.9. The van der Waals surface area contributed by atoms with Crippen LogP contribution in [0, 0.1) is 0 Å². The van der Waals surface area contributed by atoms with Crippen LogP contribution in [0.25, 0.3) is 0 Å². The van der Waals surface area contributed by atoms with E-state index in [4.69, 9.17) is 14.5 Å². The molecule has 0 rings (SSSR count). The van der Waals surface area contributed by atoms with Gasteiger partial charge in [0.1, 0.15) is 0 Å². The number of unbranched alkanes of at least 4 members (excludes halogenated alkanes) is 5. The van der Waals surface area contributed by atoms with Crippen molar-refractivity contribution in [1.29, 1.82) is 0 Å². The molecule has 17 heavy (non-hydrogen) atoms. The van der Waals surface area contributed by atoms with E-state index in [-0.39, 0.29) is 35.3 Å². The Morgan fingerprint density at radius 3 is 1.82 bits per heavy atom. The maximum absolute atomic E-state index is 10.3. The van der Waals surface area contributed by atoms with Crippen LogP contribution < -0.4 is 34.7 Å². The number of rotatable bonds is 7. The van der Waals surface area contributed by atoms with Gasteiger partial charge in [0.25, 0.3) is 10.1 Å². The average molecular weight is 276 g/mol. The molecule has 0 aromatic carbocycles. The van der Waals surface area contributed by atoms with Crippen LogP contribution in [-0.2, 0) is 14.9 Å². The number of hydrogen-bond acceptors (Lipinski definition) is 4. The van der Waals surface area contributed by atoms with Gasteiger partial charge in [-0.3, -0.25) is 4.55 Å². The first-order chi connectivity index (χ1) is 7.29. The molecule has 5 nitrogen and oxygen atoms in total. The molecule has 0 aliphatic heterocycles. The first kappa shape index (κ1) is 22.6. The molecule has 1 N–H and O–H groups in total. The summed E-state index contributed by atoms with van der Waals surface area (Å²) in [7, 11) is -3.72. The molecule has 0 aliphatic rings.